The average Bonchev–Trinajstić information content (AvgIpc) is 2.71. The molecule has 2 aromatic rings. The SMILES string of the molecule is CCO[n+]1ccn(Cc2ccc(Cl)cc2Cl)c1. The maximum atomic E-state index is 6.11. The fourth-order valence-electron chi connectivity index (χ4n) is 1.54. The first-order chi connectivity index (χ1) is 8.19. The molecule has 0 N–H and O–H groups in total. The third-order valence-electron chi connectivity index (χ3n) is 2.31. The van der Waals surface area contributed by atoms with Crippen LogP contribution in [0.3, 0.4) is 0 Å². The second kappa shape index (κ2) is 5.43. The number of rotatable bonds is 4. The topological polar surface area (TPSA) is 18.0 Å². The zero-order valence-electron chi connectivity index (χ0n) is 9.44. The lowest BCUT2D eigenvalue weighted by molar-refractivity contribution is -0.890. The minimum atomic E-state index is 0.635. The maximum absolute atomic E-state index is 6.11. The van der Waals surface area contributed by atoms with Crippen molar-refractivity contribution in [2.45, 2.75) is 13.5 Å². The molecule has 1 aromatic heterocycles. The normalized spacial score (nSPS) is 10.5. The van der Waals surface area contributed by atoms with Crippen LogP contribution in [0.15, 0.2) is 36.9 Å². The highest BCUT2D eigenvalue weighted by atomic mass is 35.5. The molecule has 0 aliphatic rings. The van der Waals surface area contributed by atoms with Gasteiger partial charge in [0.05, 0.1) is 0 Å². The van der Waals surface area contributed by atoms with Gasteiger partial charge in [0.25, 0.3) is 6.33 Å². The van der Waals surface area contributed by atoms with E-state index in [9.17, 15) is 0 Å². The van der Waals surface area contributed by atoms with Gasteiger partial charge in [-0.25, -0.2) is 4.57 Å². The molecule has 0 fully saturated rings. The summed E-state index contributed by atoms with van der Waals surface area (Å²) in [5, 5.41) is 1.32. The lowest BCUT2D eigenvalue weighted by Gasteiger charge is -2.01. The van der Waals surface area contributed by atoms with E-state index in [4.69, 9.17) is 28.0 Å². The number of nitrogens with zero attached hydrogens (tertiary/aromatic N) is 2. The molecule has 3 nitrogen and oxygen atoms in total. The number of hydrogen-bond acceptors (Lipinski definition) is 1. The third kappa shape index (κ3) is 3.14. The van der Waals surface area contributed by atoms with Crippen LogP contribution >= 0.6 is 23.2 Å². The summed E-state index contributed by atoms with van der Waals surface area (Å²) >= 11 is 12.0. The van der Waals surface area contributed by atoms with Crippen LogP contribution < -0.4 is 9.57 Å². The van der Waals surface area contributed by atoms with Gasteiger partial charge in [-0.2, -0.15) is 0 Å². The second-order valence-electron chi connectivity index (χ2n) is 3.60. The molecule has 2 rings (SSSR count). The molecule has 17 heavy (non-hydrogen) atoms. The standard InChI is InChI=1S/C12H13Cl2N2O/c1-2-17-16-6-5-15(9-16)8-10-3-4-11(13)7-12(10)14/h3-7,9H,2,8H2,1H3/q+1. The third-order valence-corrected chi connectivity index (χ3v) is 2.90. The molecule has 5 heteroatoms. The fraction of sp³-hybridized carbons (Fsp3) is 0.250. The molecule has 0 unspecified atom stereocenters. The summed E-state index contributed by atoms with van der Waals surface area (Å²) in [6.45, 7) is 3.27. The van der Waals surface area contributed by atoms with Gasteiger partial charge in [-0.15, -0.1) is 0 Å². The van der Waals surface area contributed by atoms with Crippen LogP contribution in [-0.2, 0) is 6.54 Å². The highest BCUT2D eigenvalue weighted by Crippen LogP contribution is 2.21. The van der Waals surface area contributed by atoms with Gasteiger partial charge in [0.1, 0.15) is 19.3 Å². The molecule has 0 spiro atoms. The Morgan fingerprint density at radius 1 is 1.35 bits per heavy atom. The van der Waals surface area contributed by atoms with E-state index in [1.807, 2.05) is 42.3 Å². The number of benzene rings is 1. The van der Waals surface area contributed by atoms with Gasteiger partial charge in [-0.05, 0) is 19.1 Å². The maximum Gasteiger partial charge on any atom is 0.284 e. The van der Waals surface area contributed by atoms with E-state index >= 15 is 0 Å². The number of aromatic nitrogens is 2. The molecule has 0 atom stereocenters. The van der Waals surface area contributed by atoms with Crippen LogP contribution in [0.25, 0.3) is 0 Å². The molecule has 0 aliphatic heterocycles. The van der Waals surface area contributed by atoms with Crippen molar-refractivity contribution in [3.8, 4) is 0 Å². The highest BCUT2D eigenvalue weighted by Gasteiger charge is 2.08. The van der Waals surface area contributed by atoms with Crippen molar-refractivity contribution in [1.82, 2.24) is 4.57 Å². The van der Waals surface area contributed by atoms with E-state index in [-0.39, 0.29) is 0 Å². The zero-order chi connectivity index (χ0) is 12.3. The Morgan fingerprint density at radius 3 is 2.88 bits per heavy atom. The fourth-order valence-corrected chi connectivity index (χ4v) is 2.01. The van der Waals surface area contributed by atoms with Crippen LogP contribution in [0.1, 0.15) is 12.5 Å². The summed E-state index contributed by atoms with van der Waals surface area (Å²) in [6, 6.07) is 5.51. The Labute approximate surface area is 110 Å². The number of imidazole rings is 1. The lowest BCUT2D eigenvalue weighted by Crippen LogP contribution is -2.40. The number of hydrogen-bond donors (Lipinski definition) is 0. The Bertz CT molecular complexity index is 511. The summed E-state index contributed by atoms with van der Waals surface area (Å²) in [5.41, 5.74) is 1.02. The predicted molar refractivity (Wildman–Crippen MR) is 67.3 cm³/mol. The smallest absolute Gasteiger partial charge is 0.284 e. The molecule has 0 bridgehead atoms. The first-order valence-corrected chi connectivity index (χ1v) is 6.09. The Hall–Kier alpha value is -1.19. The van der Waals surface area contributed by atoms with Gasteiger partial charge in [-0.1, -0.05) is 34.0 Å². The molecule has 0 saturated heterocycles. The van der Waals surface area contributed by atoms with Crippen LogP contribution in [0.5, 0.6) is 0 Å². The molecular weight excluding hydrogens is 259 g/mol. The summed E-state index contributed by atoms with van der Waals surface area (Å²) in [7, 11) is 0. The van der Waals surface area contributed by atoms with Crippen molar-refractivity contribution in [2.75, 3.05) is 6.61 Å². The monoisotopic (exact) mass is 271 g/mol. The molecule has 0 aliphatic carbocycles. The Balaban J connectivity index is 2.13. The Kier molecular flexibility index (Phi) is 3.92. The minimum Gasteiger partial charge on any atom is -0.336 e. The Morgan fingerprint density at radius 2 is 2.18 bits per heavy atom. The molecule has 0 radical (unpaired) electrons. The molecular formula is C12H13Cl2N2O+. The highest BCUT2D eigenvalue weighted by molar-refractivity contribution is 6.35. The first kappa shape index (κ1) is 12.3. The number of halogens is 2. The average molecular weight is 272 g/mol. The van der Waals surface area contributed by atoms with Gasteiger partial charge in [0.15, 0.2) is 6.20 Å². The van der Waals surface area contributed by atoms with Crippen molar-refractivity contribution in [3.05, 3.63) is 52.5 Å². The van der Waals surface area contributed by atoms with E-state index in [2.05, 4.69) is 0 Å². The predicted octanol–water partition coefficient (Wildman–Crippen LogP) is 2.58. The second-order valence-corrected chi connectivity index (χ2v) is 4.44. The van der Waals surface area contributed by atoms with Crippen molar-refractivity contribution in [2.24, 2.45) is 0 Å². The summed E-state index contributed by atoms with van der Waals surface area (Å²) in [5.74, 6) is 0. The molecule has 0 amide bonds. The quantitative estimate of drug-likeness (QED) is 0.782. The lowest BCUT2D eigenvalue weighted by atomic mass is 10.2. The van der Waals surface area contributed by atoms with Crippen molar-refractivity contribution in [3.63, 3.8) is 0 Å². The van der Waals surface area contributed by atoms with Crippen LogP contribution in [-0.4, -0.2) is 11.2 Å². The van der Waals surface area contributed by atoms with Crippen LogP contribution in [0.4, 0.5) is 0 Å². The largest absolute Gasteiger partial charge is 0.336 e. The summed E-state index contributed by atoms with van der Waals surface area (Å²) in [4.78, 5) is 5.32. The summed E-state index contributed by atoms with van der Waals surface area (Å²) in [6.07, 6.45) is 5.66. The van der Waals surface area contributed by atoms with Crippen LogP contribution in [0.2, 0.25) is 10.0 Å². The summed E-state index contributed by atoms with van der Waals surface area (Å²) < 4.78 is 3.66. The van der Waals surface area contributed by atoms with Gasteiger partial charge in [-0.3, -0.25) is 0 Å². The molecule has 1 heterocycles. The van der Waals surface area contributed by atoms with Crippen molar-refractivity contribution < 1.29 is 9.57 Å². The molecule has 0 saturated carbocycles. The molecule has 1 aromatic carbocycles. The van der Waals surface area contributed by atoms with Crippen molar-refractivity contribution >= 4 is 23.2 Å². The van der Waals surface area contributed by atoms with Gasteiger partial charge in [0, 0.05) is 15.6 Å². The van der Waals surface area contributed by atoms with Gasteiger partial charge in [0.2, 0.25) is 0 Å². The van der Waals surface area contributed by atoms with E-state index < -0.39 is 0 Å². The van der Waals surface area contributed by atoms with Crippen LogP contribution in [0, 0.1) is 0 Å². The van der Waals surface area contributed by atoms with E-state index in [1.54, 1.807) is 10.8 Å². The zero-order valence-corrected chi connectivity index (χ0v) is 10.9. The van der Waals surface area contributed by atoms with Crippen molar-refractivity contribution in [1.29, 1.82) is 0 Å². The van der Waals surface area contributed by atoms with Gasteiger partial charge < -0.3 is 4.84 Å². The minimum absolute atomic E-state index is 0.635. The van der Waals surface area contributed by atoms with Gasteiger partial charge >= 0.3 is 0 Å². The molecule has 90 valence electrons. The van der Waals surface area contributed by atoms with E-state index in [0.717, 1.165) is 5.56 Å². The van der Waals surface area contributed by atoms with E-state index in [0.29, 0.717) is 23.2 Å². The van der Waals surface area contributed by atoms with E-state index in [1.165, 1.54) is 0 Å². The first-order valence-electron chi connectivity index (χ1n) is 5.33.